The number of carbonyl (C=O) groups is 2. The van der Waals surface area contributed by atoms with Crippen LogP contribution in [0.2, 0.25) is 0 Å². The third kappa shape index (κ3) is 4.85. The maximum absolute atomic E-state index is 11.5. The van der Waals surface area contributed by atoms with Crippen molar-refractivity contribution in [1.82, 2.24) is 15.5 Å². The normalized spacial score (nSPS) is 20.2. The quantitative estimate of drug-likeness (QED) is 0.686. The van der Waals surface area contributed by atoms with Crippen LogP contribution in [0.25, 0.3) is 0 Å². The highest BCUT2D eigenvalue weighted by Crippen LogP contribution is 2.09. The molecule has 1 aliphatic rings. The molecule has 0 radical (unpaired) electrons. The smallest absolute Gasteiger partial charge is 0.241 e. The van der Waals surface area contributed by atoms with Crippen molar-refractivity contribution in [2.75, 3.05) is 38.7 Å². The number of nitrogens with zero attached hydrogens (tertiary/aromatic N) is 1. The van der Waals surface area contributed by atoms with E-state index in [1.54, 1.807) is 14.1 Å². The van der Waals surface area contributed by atoms with Crippen molar-refractivity contribution < 1.29 is 9.59 Å². The standard InChI is InChI=1S/C10H19N3O2S/c1-13(2)10(15)6-12-9(14)5-8-7-16-4-3-11-8/h8,11H,3-7H2,1-2H3,(H,12,14). The molecule has 0 aromatic rings. The lowest BCUT2D eigenvalue weighted by Crippen LogP contribution is -2.43. The first-order chi connectivity index (χ1) is 7.59. The molecule has 1 atom stereocenters. The average molecular weight is 245 g/mol. The molecule has 0 bridgehead atoms. The van der Waals surface area contributed by atoms with Crippen LogP contribution in [-0.4, -0.2) is 61.4 Å². The van der Waals surface area contributed by atoms with Gasteiger partial charge in [0.25, 0.3) is 0 Å². The lowest BCUT2D eigenvalue weighted by Gasteiger charge is -2.22. The van der Waals surface area contributed by atoms with E-state index < -0.39 is 0 Å². The van der Waals surface area contributed by atoms with Gasteiger partial charge in [0.2, 0.25) is 11.8 Å². The van der Waals surface area contributed by atoms with Crippen molar-refractivity contribution in [3.8, 4) is 0 Å². The summed E-state index contributed by atoms with van der Waals surface area (Å²) in [5, 5.41) is 5.92. The minimum atomic E-state index is -0.0840. The van der Waals surface area contributed by atoms with E-state index >= 15 is 0 Å². The Morgan fingerprint density at radius 3 is 2.81 bits per heavy atom. The number of nitrogens with one attached hydrogen (secondary N) is 2. The van der Waals surface area contributed by atoms with Gasteiger partial charge in [-0.2, -0.15) is 11.8 Å². The van der Waals surface area contributed by atoms with Crippen molar-refractivity contribution in [3.05, 3.63) is 0 Å². The Bertz CT molecular complexity index is 252. The van der Waals surface area contributed by atoms with Gasteiger partial charge in [0, 0.05) is 44.6 Å². The molecule has 16 heavy (non-hydrogen) atoms. The Labute approximate surface area is 100 Å². The number of hydrogen-bond donors (Lipinski definition) is 2. The van der Waals surface area contributed by atoms with Crippen LogP contribution in [0.3, 0.4) is 0 Å². The van der Waals surface area contributed by atoms with Crippen LogP contribution in [0.5, 0.6) is 0 Å². The Hall–Kier alpha value is -0.750. The van der Waals surface area contributed by atoms with E-state index in [4.69, 9.17) is 0 Å². The summed E-state index contributed by atoms with van der Waals surface area (Å²) < 4.78 is 0. The monoisotopic (exact) mass is 245 g/mol. The highest BCUT2D eigenvalue weighted by molar-refractivity contribution is 7.99. The van der Waals surface area contributed by atoms with Crippen LogP contribution in [0.1, 0.15) is 6.42 Å². The van der Waals surface area contributed by atoms with Crippen LogP contribution in [0.15, 0.2) is 0 Å². The number of carbonyl (C=O) groups excluding carboxylic acids is 2. The first kappa shape index (κ1) is 13.3. The molecule has 1 saturated heterocycles. The third-order valence-corrected chi connectivity index (χ3v) is 3.50. The highest BCUT2D eigenvalue weighted by Gasteiger charge is 2.17. The third-order valence-electron chi connectivity index (χ3n) is 2.37. The molecule has 1 heterocycles. The lowest BCUT2D eigenvalue weighted by molar-refractivity contribution is -0.131. The maximum atomic E-state index is 11.5. The molecule has 0 saturated carbocycles. The molecule has 2 amide bonds. The van der Waals surface area contributed by atoms with Gasteiger partial charge in [0.15, 0.2) is 0 Å². The molecule has 1 rings (SSSR count). The van der Waals surface area contributed by atoms with Crippen molar-refractivity contribution in [2.45, 2.75) is 12.5 Å². The second-order valence-corrected chi connectivity index (χ2v) is 5.14. The van der Waals surface area contributed by atoms with Crippen molar-refractivity contribution in [3.63, 3.8) is 0 Å². The van der Waals surface area contributed by atoms with E-state index in [0.29, 0.717) is 6.42 Å². The van der Waals surface area contributed by atoms with Crippen LogP contribution < -0.4 is 10.6 Å². The van der Waals surface area contributed by atoms with Gasteiger partial charge in [-0.1, -0.05) is 0 Å². The summed E-state index contributed by atoms with van der Waals surface area (Å²) in [5.41, 5.74) is 0. The number of likely N-dealkylation sites (N-methyl/N-ethyl adjacent to an activating group) is 1. The zero-order valence-corrected chi connectivity index (χ0v) is 10.6. The second-order valence-electron chi connectivity index (χ2n) is 3.99. The van der Waals surface area contributed by atoms with Crippen LogP contribution in [0.4, 0.5) is 0 Å². The number of thioether (sulfide) groups is 1. The minimum Gasteiger partial charge on any atom is -0.347 e. The van der Waals surface area contributed by atoms with E-state index in [1.807, 2.05) is 11.8 Å². The SMILES string of the molecule is CN(C)C(=O)CNC(=O)CC1CSCCN1. The summed E-state index contributed by atoms with van der Waals surface area (Å²) in [6.07, 6.45) is 0.452. The Morgan fingerprint density at radius 2 is 2.25 bits per heavy atom. The van der Waals surface area contributed by atoms with E-state index in [9.17, 15) is 9.59 Å². The first-order valence-electron chi connectivity index (χ1n) is 5.37. The molecule has 92 valence electrons. The van der Waals surface area contributed by atoms with Gasteiger partial charge in [-0.3, -0.25) is 9.59 Å². The topological polar surface area (TPSA) is 61.4 Å². The molecule has 0 aromatic heterocycles. The molecular formula is C10H19N3O2S. The number of rotatable bonds is 4. The molecule has 0 aromatic carbocycles. The van der Waals surface area contributed by atoms with Gasteiger partial charge < -0.3 is 15.5 Å². The zero-order valence-electron chi connectivity index (χ0n) is 9.78. The summed E-state index contributed by atoms with van der Waals surface area (Å²) in [5.74, 6) is 1.93. The Balaban J connectivity index is 2.17. The van der Waals surface area contributed by atoms with E-state index in [2.05, 4.69) is 10.6 Å². The fourth-order valence-electron chi connectivity index (χ4n) is 1.38. The summed E-state index contributed by atoms with van der Waals surface area (Å²) >= 11 is 1.86. The molecule has 6 heteroatoms. The fraction of sp³-hybridized carbons (Fsp3) is 0.800. The zero-order chi connectivity index (χ0) is 12.0. The molecule has 0 spiro atoms. The summed E-state index contributed by atoms with van der Waals surface area (Å²) in [4.78, 5) is 24.2. The molecule has 0 aliphatic carbocycles. The van der Waals surface area contributed by atoms with E-state index in [0.717, 1.165) is 18.1 Å². The van der Waals surface area contributed by atoms with Gasteiger partial charge in [-0.05, 0) is 0 Å². The van der Waals surface area contributed by atoms with Gasteiger partial charge in [-0.15, -0.1) is 0 Å². The molecule has 1 fully saturated rings. The summed E-state index contributed by atoms with van der Waals surface area (Å²) in [7, 11) is 3.35. The molecule has 5 nitrogen and oxygen atoms in total. The van der Waals surface area contributed by atoms with Crippen molar-refractivity contribution >= 4 is 23.6 Å². The summed E-state index contributed by atoms with van der Waals surface area (Å²) in [6, 6.07) is 0.244. The molecule has 1 aliphatic heterocycles. The van der Waals surface area contributed by atoms with Crippen molar-refractivity contribution in [1.29, 1.82) is 0 Å². The van der Waals surface area contributed by atoms with Gasteiger partial charge in [0.1, 0.15) is 0 Å². The van der Waals surface area contributed by atoms with Crippen LogP contribution >= 0.6 is 11.8 Å². The van der Waals surface area contributed by atoms with Crippen molar-refractivity contribution in [2.24, 2.45) is 0 Å². The van der Waals surface area contributed by atoms with E-state index in [1.165, 1.54) is 4.90 Å². The van der Waals surface area contributed by atoms with Crippen LogP contribution in [-0.2, 0) is 9.59 Å². The predicted molar refractivity (Wildman–Crippen MR) is 65.4 cm³/mol. The highest BCUT2D eigenvalue weighted by atomic mass is 32.2. The molecule has 1 unspecified atom stereocenters. The average Bonchev–Trinajstić information content (AvgIpc) is 2.27. The van der Waals surface area contributed by atoms with Gasteiger partial charge in [0.05, 0.1) is 6.54 Å². The maximum Gasteiger partial charge on any atom is 0.241 e. The molecular weight excluding hydrogens is 226 g/mol. The minimum absolute atomic E-state index is 0.0600. The lowest BCUT2D eigenvalue weighted by atomic mass is 10.2. The predicted octanol–water partition coefficient (Wildman–Crippen LogP) is -0.714. The van der Waals surface area contributed by atoms with Gasteiger partial charge in [-0.25, -0.2) is 0 Å². The number of hydrogen-bond acceptors (Lipinski definition) is 4. The number of amides is 2. The Morgan fingerprint density at radius 1 is 1.50 bits per heavy atom. The van der Waals surface area contributed by atoms with Crippen LogP contribution in [0, 0.1) is 0 Å². The largest absolute Gasteiger partial charge is 0.347 e. The fourth-order valence-corrected chi connectivity index (χ4v) is 2.33. The first-order valence-corrected chi connectivity index (χ1v) is 6.53. The summed E-state index contributed by atoms with van der Waals surface area (Å²) in [6.45, 7) is 1.05. The molecule has 2 N–H and O–H groups in total. The Kier molecular flexibility index (Phi) is 5.62. The van der Waals surface area contributed by atoms with Gasteiger partial charge >= 0.3 is 0 Å². The second kappa shape index (κ2) is 6.75. The van der Waals surface area contributed by atoms with E-state index in [-0.39, 0.29) is 24.4 Å².